The highest BCUT2D eigenvalue weighted by Crippen LogP contribution is 2.47. The highest BCUT2D eigenvalue weighted by molar-refractivity contribution is 5.93. The van der Waals surface area contributed by atoms with Gasteiger partial charge in [0.25, 0.3) is 5.91 Å². The average Bonchev–Trinajstić information content (AvgIpc) is 3.44. The van der Waals surface area contributed by atoms with E-state index in [0.717, 1.165) is 18.4 Å². The van der Waals surface area contributed by atoms with Crippen LogP contribution in [0.2, 0.25) is 0 Å². The van der Waals surface area contributed by atoms with Gasteiger partial charge in [-0.2, -0.15) is 0 Å². The molecule has 1 aliphatic carbocycles. The van der Waals surface area contributed by atoms with E-state index < -0.39 is 6.17 Å². The van der Waals surface area contributed by atoms with Gasteiger partial charge in [0.2, 0.25) is 5.95 Å². The number of aromatic nitrogens is 4. The van der Waals surface area contributed by atoms with Crippen LogP contribution < -0.4 is 5.32 Å². The van der Waals surface area contributed by atoms with E-state index in [0.29, 0.717) is 37.4 Å². The molecule has 0 atom stereocenters. The fourth-order valence-electron chi connectivity index (χ4n) is 3.11. The zero-order valence-electron chi connectivity index (χ0n) is 13.7. The van der Waals surface area contributed by atoms with Crippen molar-refractivity contribution in [3.05, 3.63) is 42.2 Å². The lowest BCUT2D eigenvalue weighted by Crippen LogP contribution is -2.39. The van der Waals surface area contributed by atoms with Gasteiger partial charge in [-0.25, -0.2) is 24.3 Å². The molecular weight excluding hydrogens is 323 g/mol. The first-order chi connectivity index (χ1) is 12.2. The standard InChI is InChI=1S/C17H19FN6O/c18-14-1-5-24(6-2-14)15(25)12-7-21-16(22-8-12)23-17(3-4-17)13-9-19-11-20-10-13/h7-11,14H,1-6H2,(H,21,22,23). The van der Waals surface area contributed by atoms with Crippen molar-refractivity contribution in [2.24, 2.45) is 0 Å². The van der Waals surface area contributed by atoms with Gasteiger partial charge in [-0.05, 0) is 25.7 Å². The molecule has 2 aromatic heterocycles. The minimum absolute atomic E-state index is 0.143. The number of alkyl halides is 1. The third-order valence-electron chi connectivity index (χ3n) is 4.82. The highest BCUT2D eigenvalue weighted by atomic mass is 19.1. The van der Waals surface area contributed by atoms with Crippen LogP contribution in [0.4, 0.5) is 10.3 Å². The van der Waals surface area contributed by atoms with E-state index in [1.807, 2.05) is 0 Å². The maximum atomic E-state index is 13.2. The lowest BCUT2D eigenvalue weighted by atomic mass is 10.1. The summed E-state index contributed by atoms with van der Waals surface area (Å²) in [6, 6.07) is 0. The fourth-order valence-corrected chi connectivity index (χ4v) is 3.11. The predicted octanol–water partition coefficient (Wildman–Crippen LogP) is 1.94. The second kappa shape index (κ2) is 6.34. The number of anilines is 1. The predicted molar refractivity (Wildman–Crippen MR) is 88.6 cm³/mol. The molecule has 1 N–H and O–H groups in total. The minimum Gasteiger partial charge on any atom is -0.345 e. The van der Waals surface area contributed by atoms with Crippen molar-refractivity contribution in [2.45, 2.75) is 37.4 Å². The summed E-state index contributed by atoms with van der Waals surface area (Å²) < 4.78 is 13.2. The fraction of sp³-hybridized carbons (Fsp3) is 0.471. The third-order valence-corrected chi connectivity index (χ3v) is 4.82. The molecule has 1 saturated heterocycles. The maximum Gasteiger partial charge on any atom is 0.256 e. The van der Waals surface area contributed by atoms with Gasteiger partial charge in [0, 0.05) is 43.4 Å². The normalized spacial score (nSPS) is 19.5. The lowest BCUT2D eigenvalue weighted by molar-refractivity contribution is 0.0666. The van der Waals surface area contributed by atoms with Gasteiger partial charge < -0.3 is 10.2 Å². The first-order valence-electron chi connectivity index (χ1n) is 8.45. The summed E-state index contributed by atoms with van der Waals surface area (Å²) in [5, 5.41) is 3.32. The molecule has 1 aliphatic heterocycles. The van der Waals surface area contributed by atoms with Crippen LogP contribution in [0.5, 0.6) is 0 Å². The molecule has 0 aromatic carbocycles. The average molecular weight is 342 g/mol. The molecule has 130 valence electrons. The number of carbonyl (C=O) groups is 1. The van der Waals surface area contributed by atoms with E-state index >= 15 is 0 Å². The van der Waals surface area contributed by atoms with Crippen molar-refractivity contribution >= 4 is 11.9 Å². The number of rotatable bonds is 4. The molecule has 1 saturated carbocycles. The molecule has 1 amide bonds. The molecule has 2 aliphatic rings. The molecular formula is C17H19FN6O. The molecule has 0 unspecified atom stereocenters. The Morgan fingerprint density at radius 3 is 2.36 bits per heavy atom. The molecule has 25 heavy (non-hydrogen) atoms. The van der Waals surface area contributed by atoms with Crippen LogP contribution in [0.25, 0.3) is 0 Å². The summed E-state index contributed by atoms with van der Waals surface area (Å²) in [5.41, 5.74) is 1.22. The summed E-state index contributed by atoms with van der Waals surface area (Å²) in [7, 11) is 0. The smallest absolute Gasteiger partial charge is 0.256 e. The summed E-state index contributed by atoms with van der Waals surface area (Å²) in [5.74, 6) is 0.330. The SMILES string of the molecule is O=C(c1cnc(NC2(c3cncnc3)CC2)nc1)N1CCC(F)CC1. The minimum atomic E-state index is -0.802. The summed E-state index contributed by atoms with van der Waals surface area (Å²) in [4.78, 5) is 30.7. The van der Waals surface area contributed by atoms with Crippen molar-refractivity contribution in [3.8, 4) is 0 Å². The van der Waals surface area contributed by atoms with Gasteiger partial charge in [-0.15, -0.1) is 0 Å². The first-order valence-corrected chi connectivity index (χ1v) is 8.45. The van der Waals surface area contributed by atoms with Crippen LogP contribution in [0.15, 0.2) is 31.1 Å². The molecule has 2 aromatic rings. The Kier molecular flexibility index (Phi) is 4.03. The Bertz CT molecular complexity index is 741. The zero-order valence-corrected chi connectivity index (χ0v) is 13.7. The molecule has 3 heterocycles. The van der Waals surface area contributed by atoms with Crippen LogP contribution in [0.3, 0.4) is 0 Å². The Labute approximate surface area is 144 Å². The van der Waals surface area contributed by atoms with Gasteiger partial charge in [0.1, 0.15) is 12.5 Å². The number of likely N-dealkylation sites (tertiary alicyclic amines) is 1. The van der Waals surface area contributed by atoms with E-state index in [4.69, 9.17) is 0 Å². The van der Waals surface area contributed by atoms with E-state index in [9.17, 15) is 9.18 Å². The second-order valence-electron chi connectivity index (χ2n) is 6.60. The Morgan fingerprint density at radius 2 is 1.76 bits per heavy atom. The molecule has 7 nitrogen and oxygen atoms in total. The van der Waals surface area contributed by atoms with Crippen molar-refractivity contribution in [3.63, 3.8) is 0 Å². The van der Waals surface area contributed by atoms with Crippen LogP contribution in [-0.2, 0) is 5.54 Å². The maximum absolute atomic E-state index is 13.2. The van der Waals surface area contributed by atoms with Crippen LogP contribution >= 0.6 is 0 Å². The van der Waals surface area contributed by atoms with Gasteiger partial charge in [-0.1, -0.05) is 0 Å². The van der Waals surface area contributed by atoms with Crippen molar-refractivity contribution in [1.29, 1.82) is 0 Å². The number of nitrogens with one attached hydrogen (secondary N) is 1. The van der Waals surface area contributed by atoms with E-state index in [1.54, 1.807) is 17.3 Å². The van der Waals surface area contributed by atoms with Crippen molar-refractivity contribution < 1.29 is 9.18 Å². The molecule has 8 heteroatoms. The molecule has 0 spiro atoms. The van der Waals surface area contributed by atoms with Gasteiger partial charge in [-0.3, -0.25) is 4.79 Å². The number of nitrogens with zero attached hydrogens (tertiary/aromatic N) is 5. The number of hydrogen-bond donors (Lipinski definition) is 1. The Balaban J connectivity index is 1.43. The molecule has 2 fully saturated rings. The van der Waals surface area contributed by atoms with Gasteiger partial charge in [0.05, 0.1) is 11.1 Å². The van der Waals surface area contributed by atoms with E-state index in [1.165, 1.54) is 18.7 Å². The Hall–Kier alpha value is -2.64. The number of amides is 1. The number of carbonyl (C=O) groups excluding carboxylic acids is 1. The monoisotopic (exact) mass is 342 g/mol. The van der Waals surface area contributed by atoms with Crippen molar-refractivity contribution in [1.82, 2.24) is 24.8 Å². The van der Waals surface area contributed by atoms with E-state index in [2.05, 4.69) is 25.3 Å². The number of piperidine rings is 1. The Morgan fingerprint density at radius 1 is 1.12 bits per heavy atom. The zero-order chi connectivity index (χ0) is 17.3. The highest BCUT2D eigenvalue weighted by Gasteiger charge is 2.45. The molecule has 0 radical (unpaired) electrons. The number of halogens is 1. The van der Waals surface area contributed by atoms with Crippen LogP contribution in [-0.4, -0.2) is 50.0 Å². The van der Waals surface area contributed by atoms with Gasteiger partial charge in [0.15, 0.2) is 0 Å². The van der Waals surface area contributed by atoms with Gasteiger partial charge >= 0.3 is 0 Å². The third kappa shape index (κ3) is 3.29. The largest absolute Gasteiger partial charge is 0.345 e. The quantitative estimate of drug-likeness (QED) is 0.914. The first kappa shape index (κ1) is 15.9. The molecule has 0 bridgehead atoms. The van der Waals surface area contributed by atoms with Crippen LogP contribution in [0, 0.1) is 0 Å². The summed E-state index contributed by atoms with van der Waals surface area (Å²) in [6.07, 6.45) is 10.0. The lowest BCUT2D eigenvalue weighted by Gasteiger charge is -2.28. The summed E-state index contributed by atoms with van der Waals surface area (Å²) in [6.45, 7) is 0.883. The van der Waals surface area contributed by atoms with E-state index in [-0.39, 0.29) is 11.4 Å². The second-order valence-corrected chi connectivity index (χ2v) is 6.60. The number of hydrogen-bond acceptors (Lipinski definition) is 6. The van der Waals surface area contributed by atoms with Crippen molar-refractivity contribution in [2.75, 3.05) is 18.4 Å². The van der Waals surface area contributed by atoms with Crippen LogP contribution in [0.1, 0.15) is 41.6 Å². The summed E-state index contributed by atoms with van der Waals surface area (Å²) >= 11 is 0. The topological polar surface area (TPSA) is 83.9 Å². The molecule has 4 rings (SSSR count).